The number of hydrogen-bond acceptors (Lipinski definition) is 4. The molecule has 0 aliphatic heterocycles. The molecule has 0 heterocycles. The molecule has 0 saturated heterocycles. The van der Waals surface area contributed by atoms with E-state index in [-0.39, 0.29) is 12.5 Å². The highest BCUT2D eigenvalue weighted by Crippen LogP contribution is 2.21. The molecule has 7 heteroatoms. The second-order valence-corrected chi connectivity index (χ2v) is 6.85. The molecule has 138 valence electrons. The van der Waals surface area contributed by atoms with Crippen LogP contribution in [0.1, 0.15) is 6.42 Å². The highest BCUT2D eigenvalue weighted by atomic mass is 32.2. The van der Waals surface area contributed by atoms with Gasteiger partial charge < -0.3 is 10.1 Å². The zero-order valence-corrected chi connectivity index (χ0v) is 16.3. The topological polar surface area (TPSA) is 62.4 Å². The Hall–Kier alpha value is -2.25. The number of thiocarbonyl (C=S) groups is 1. The number of carbonyl (C=O) groups is 1. The molecule has 0 bridgehead atoms. The zero-order valence-electron chi connectivity index (χ0n) is 14.7. The molecule has 0 aliphatic rings. The summed E-state index contributed by atoms with van der Waals surface area (Å²) in [7, 11) is 0. The molecule has 0 saturated carbocycles. The van der Waals surface area contributed by atoms with Crippen LogP contribution in [0.2, 0.25) is 0 Å². The molecule has 0 aliphatic carbocycles. The van der Waals surface area contributed by atoms with Crippen molar-refractivity contribution in [1.29, 1.82) is 0 Å². The summed E-state index contributed by atoms with van der Waals surface area (Å²) in [5, 5.41) is 3.41. The molecule has 0 spiro atoms. The second kappa shape index (κ2) is 11.4. The monoisotopic (exact) mass is 389 g/mol. The van der Waals surface area contributed by atoms with Gasteiger partial charge in [0.15, 0.2) is 11.7 Å². The molecular weight excluding hydrogens is 366 g/mol. The van der Waals surface area contributed by atoms with Crippen LogP contribution in [0.3, 0.4) is 0 Å². The summed E-state index contributed by atoms with van der Waals surface area (Å²) in [5.41, 5.74) is 7.41. The molecule has 0 radical (unpaired) electrons. The minimum atomic E-state index is -0.301. The van der Waals surface area contributed by atoms with Crippen molar-refractivity contribution in [2.45, 2.75) is 6.42 Å². The van der Waals surface area contributed by atoms with Gasteiger partial charge in [-0.1, -0.05) is 42.5 Å². The van der Waals surface area contributed by atoms with E-state index in [0.717, 1.165) is 29.8 Å². The van der Waals surface area contributed by atoms with Crippen LogP contribution in [-0.4, -0.2) is 36.2 Å². The summed E-state index contributed by atoms with van der Waals surface area (Å²) < 4.78 is 5.49. The average Bonchev–Trinajstić information content (AvgIpc) is 2.69. The van der Waals surface area contributed by atoms with Gasteiger partial charge in [0.05, 0.1) is 0 Å². The van der Waals surface area contributed by atoms with Crippen molar-refractivity contribution in [3.63, 3.8) is 0 Å². The molecule has 2 aromatic carbocycles. The highest BCUT2D eigenvalue weighted by Gasteiger charge is 2.04. The number of carbonyl (C=O) groups excluding carboxylic acids is 1. The number of ether oxygens (including phenoxy) is 1. The third-order valence-corrected chi connectivity index (χ3v) is 4.40. The van der Waals surface area contributed by atoms with Crippen LogP contribution in [0.25, 0.3) is 11.1 Å². The van der Waals surface area contributed by atoms with Gasteiger partial charge in [-0.15, -0.1) is 0 Å². The average molecular weight is 390 g/mol. The SMILES string of the molecule is CSCCCNC(=S)NNC(=O)COc1ccc(-c2ccccc2)cc1. The molecule has 3 N–H and O–H groups in total. The summed E-state index contributed by atoms with van der Waals surface area (Å²) in [6.45, 7) is 0.680. The summed E-state index contributed by atoms with van der Waals surface area (Å²) in [6.07, 6.45) is 3.07. The number of nitrogens with one attached hydrogen (secondary N) is 3. The van der Waals surface area contributed by atoms with Crippen LogP contribution in [0.5, 0.6) is 5.75 Å². The maximum atomic E-state index is 11.8. The number of benzene rings is 2. The fourth-order valence-electron chi connectivity index (χ4n) is 2.15. The van der Waals surface area contributed by atoms with Gasteiger partial charge in [0, 0.05) is 6.54 Å². The minimum absolute atomic E-state index is 0.0905. The zero-order chi connectivity index (χ0) is 18.6. The maximum absolute atomic E-state index is 11.8. The first-order chi connectivity index (χ1) is 12.7. The van der Waals surface area contributed by atoms with Gasteiger partial charge in [-0.25, -0.2) is 0 Å². The van der Waals surface area contributed by atoms with E-state index in [2.05, 4.69) is 22.4 Å². The Balaban J connectivity index is 1.68. The Morgan fingerprint density at radius 3 is 2.42 bits per heavy atom. The van der Waals surface area contributed by atoms with E-state index < -0.39 is 0 Å². The Kier molecular flexibility index (Phi) is 8.78. The standard InChI is InChI=1S/C19H23N3O2S2/c1-26-13-5-12-20-19(25)22-21-18(23)14-24-17-10-8-16(9-11-17)15-6-3-2-4-7-15/h2-4,6-11H,5,12-14H2,1H3,(H,21,23)(H2,20,22,25). The van der Waals surface area contributed by atoms with Gasteiger partial charge in [-0.05, 0) is 53.9 Å². The van der Waals surface area contributed by atoms with Crippen molar-refractivity contribution in [2.24, 2.45) is 0 Å². The Bertz CT molecular complexity index is 694. The molecular formula is C19H23N3O2S2. The van der Waals surface area contributed by atoms with E-state index in [4.69, 9.17) is 17.0 Å². The first-order valence-corrected chi connectivity index (χ1v) is 10.1. The molecule has 0 unspecified atom stereocenters. The van der Waals surface area contributed by atoms with Gasteiger partial charge in [-0.3, -0.25) is 15.6 Å². The number of hydrazine groups is 1. The normalized spacial score (nSPS) is 10.0. The van der Waals surface area contributed by atoms with Gasteiger partial charge in [0.1, 0.15) is 5.75 Å². The molecule has 2 aromatic rings. The minimum Gasteiger partial charge on any atom is -0.484 e. The van der Waals surface area contributed by atoms with Gasteiger partial charge in [-0.2, -0.15) is 11.8 Å². The van der Waals surface area contributed by atoms with Crippen molar-refractivity contribution in [3.8, 4) is 16.9 Å². The van der Waals surface area contributed by atoms with Crippen molar-refractivity contribution in [2.75, 3.05) is 25.2 Å². The van der Waals surface area contributed by atoms with Crippen LogP contribution in [0, 0.1) is 0 Å². The summed E-state index contributed by atoms with van der Waals surface area (Å²) in [4.78, 5) is 11.8. The maximum Gasteiger partial charge on any atom is 0.276 e. The van der Waals surface area contributed by atoms with E-state index >= 15 is 0 Å². The number of thioether (sulfide) groups is 1. The van der Waals surface area contributed by atoms with Crippen LogP contribution in [0.4, 0.5) is 0 Å². The molecule has 0 atom stereocenters. The van der Waals surface area contributed by atoms with Gasteiger partial charge >= 0.3 is 0 Å². The molecule has 2 rings (SSSR count). The Morgan fingerprint density at radius 1 is 1.04 bits per heavy atom. The molecule has 1 amide bonds. The lowest BCUT2D eigenvalue weighted by Gasteiger charge is -2.12. The Labute approximate surface area is 163 Å². The van der Waals surface area contributed by atoms with Crippen LogP contribution >= 0.6 is 24.0 Å². The number of hydrogen-bond donors (Lipinski definition) is 3. The van der Waals surface area contributed by atoms with Crippen LogP contribution in [0.15, 0.2) is 54.6 Å². The largest absolute Gasteiger partial charge is 0.484 e. The van der Waals surface area contributed by atoms with Crippen molar-refractivity contribution < 1.29 is 9.53 Å². The predicted molar refractivity (Wildman–Crippen MR) is 112 cm³/mol. The van der Waals surface area contributed by atoms with Crippen LogP contribution < -0.4 is 20.9 Å². The third kappa shape index (κ3) is 7.33. The van der Waals surface area contributed by atoms with Crippen molar-refractivity contribution >= 4 is 35.0 Å². The van der Waals surface area contributed by atoms with Crippen molar-refractivity contribution in [1.82, 2.24) is 16.2 Å². The molecule has 0 aromatic heterocycles. The lowest BCUT2D eigenvalue weighted by molar-refractivity contribution is -0.123. The predicted octanol–water partition coefficient (Wildman–Crippen LogP) is 2.98. The van der Waals surface area contributed by atoms with Gasteiger partial charge in [0.25, 0.3) is 5.91 Å². The molecule has 5 nitrogen and oxygen atoms in total. The molecule has 26 heavy (non-hydrogen) atoms. The molecule has 0 fully saturated rings. The number of amides is 1. The van der Waals surface area contributed by atoms with Crippen LogP contribution in [-0.2, 0) is 4.79 Å². The first-order valence-electron chi connectivity index (χ1n) is 8.29. The third-order valence-electron chi connectivity index (χ3n) is 3.46. The second-order valence-electron chi connectivity index (χ2n) is 5.45. The first kappa shape index (κ1) is 20.1. The van der Waals surface area contributed by atoms with E-state index in [0.29, 0.717) is 10.9 Å². The lowest BCUT2D eigenvalue weighted by Crippen LogP contribution is -2.48. The summed E-state index contributed by atoms with van der Waals surface area (Å²) in [5.74, 6) is 1.40. The van der Waals surface area contributed by atoms with E-state index in [9.17, 15) is 4.79 Å². The quantitative estimate of drug-likeness (QED) is 0.367. The highest BCUT2D eigenvalue weighted by molar-refractivity contribution is 7.98. The summed E-state index contributed by atoms with van der Waals surface area (Å²) in [6, 6.07) is 17.7. The van der Waals surface area contributed by atoms with E-state index in [1.54, 1.807) is 11.8 Å². The van der Waals surface area contributed by atoms with Gasteiger partial charge in [0.2, 0.25) is 0 Å². The van der Waals surface area contributed by atoms with E-state index in [1.165, 1.54) is 0 Å². The van der Waals surface area contributed by atoms with E-state index in [1.807, 2.05) is 54.6 Å². The lowest BCUT2D eigenvalue weighted by atomic mass is 10.1. The Morgan fingerprint density at radius 2 is 1.73 bits per heavy atom. The smallest absolute Gasteiger partial charge is 0.276 e. The summed E-state index contributed by atoms with van der Waals surface area (Å²) >= 11 is 6.86. The fraction of sp³-hybridized carbons (Fsp3) is 0.263. The number of rotatable bonds is 8. The fourth-order valence-corrected chi connectivity index (χ4v) is 2.73. The van der Waals surface area contributed by atoms with Crippen molar-refractivity contribution in [3.05, 3.63) is 54.6 Å².